The number of fused-ring (bicyclic) bond motifs is 1. The van der Waals surface area contributed by atoms with Crippen molar-refractivity contribution in [2.75, 3.05) is 19.6 Å². The standard InChI is InChI=1S/C22H31FN6.HI/c1-5-24-22(27-12-15(2)14-29-17(4)10-16(3)28-29)25-9-8-18-13-26-21-7-6-19(23)11-20(18)21;/h6-7,10-11,13,15,26H,5,8-9,12,14H2,1-4H3,(H2,24,25,27);1H. The third-order valence-electron chi connectivity index (χ3n) is 4.91. The summed E-state index contributed by atoms with van der Waals surface area (Å²) in [6, 6.07) is 6.93. The fourth-order valence-corrected chi connectivity index (χ4v) is 3.47. The summed E-state index contributed by atoms with van der Waals surface area (Å²) in [5.41, 5.74) is 4.28. The Kier molecular flexibility index (Phi) is 9.13. The molecule has 2 aromatic heterocycles. The molecule has 1 atom stereocenters. The maximum Gasteiger partial charge on any atom is 0.191 e. The van der Waals surface area contributed by atoms with E-state index in [1.54, 1.807) is 12.1 Å². The van der Waals surface area contributed by atoms with Gasteiger partial charge in [-0.15, -0.1) is 24.0 Å². The molecule has 0 bridgehead atoms. The van der Waals surface area contributed by atoms with Crippen molar-refractivity contribution >= 4 is 40.8 Å². The van der Waals surface area contributed by atoms with E-state index in [1.165, 1.54) is 11.8 Å². The van der Waals surface area contributed by atoms with Gasteiger partial charge >= 0.3 is 0 Å². The van der Waals surface area contributed by atoms with Crippen LogP contribution in [-0.4, -0.2) is 40.4 Å². The van der Waals surface area contributed by atoms with Crippen LogP contribution in [0.2, 0.25) is 0 Å². The van der Waals surface area contributed by atoms with Crippen LogP contribution in [0.3, 0.4) is 0 Å². The van der Waals surface area contributed by atoms with Gasteiger partial charge in [0.2, 0.25) is 0 Å². The first-order valence-electron chi connectivity index (χ1n) is 10.2. The molecule has 0 spiro atoms. The normalized spacial score (nSPS) is 12.6. The molecule has 3 aromatic rings. The molecule has 164 valence electrons. The first-order chi connectivity index (χ1) is 14.0. The summed E-state index contributed by atoms with van der Waals surface area (Å²) in [4.78, 5) is 7.93. The van der Waals surface area contributed by atoms with E-state index >= 15 is 0 Å². The number of nitrogens with zero attached hydrogens (tertiary/aromatic N) is 3. The Hall–Kier alpha value is -2.10. The molecular weight excluding hydrogens is 494 g/mol. The molecule has 0 radical (unpaired) electrons. The van der Waals surface area contributed by atoms with Crippen LogP contribution in [0.4, 0.5) is 4.39 Å². The van der Waals surface area contributed by atoms with Gasteiger partial charge in [0.05, 0.1) is 5.69 Å². The number of benzene rings is 1. The van der Waals surface area contributed by atoms with E-state index in [0.717, 1.165) is 54.2 Å². The van der Waals surface area contributed by atoms with Gasteiger partial charge in [0.25, 0.3) is 0 Å². The van der Waals surface area contributed by atoms with Crippen molar-refractivity contribution in [2.24, 2.45) is 10.9 Å². The molecular formula is C22H32FIN6. The van der Waals surface area contributed by atoms with Crippen LogP contribution in [0, 0.1) is 25.6 Å². The van der Waals surface area contributed by atoms with E-state index in [1.807, 2.05) is 17.8 Å². The highest BCUT2D eigenvalue weighted by molar-refractivity contribution is 14.0. The number of aromatic nitrogens is 3. The Balaban J connectivity index is 0.00000320. The van der Waals surface area contributed by atoms with Gasteiger partial charge in [-0.05, 0) is 62.9 Å². The lowest BCUT2D eigenvalue weighted by molar-refractivity contribution is 0.449. The highest BCUT2D eigenvalue weighted by Crippen LogP contribution is 2.19. The quantitative estimate of drug-likeness (QED) is 0.235. The number of aryl methyl sites for hydroxylation is 2. The van der Waals surface area contributed by atoms with Crippen molar-refractivity contribution in [3.8, 4) is 0 Å². The van der Waals surface area contributed by atoms with E-state index in [2.05, 4.69) is 47.6 Å². The van der Waals surface area contributed by atoms with E-state index < -0.39 is 0 Å². The molecule has 0 aliphatic rings. The second kappa shape index (κ2) is 11.3. The molecule has 30 heavy (non-hydrogen) atoms. The number of nitrogens with one attached hydrogen (secondary N) is 3. The largest absolute Gasteiger partial charge is 0.361 e. The topological polar surface area (TPSA) is 70.0 Å². The highest BCUT2D eigenvalue weighted by Gasteiger charge is 2.08. The smallest absolute Gasteiger partial charge is 0.191 e. The maximum atomic E-state index is 13.5. The number of guanidine groups is 1. The zero-order valence-electron chi connectivity index (χ0n) is 18.1. The van der Waals surface area contributed by atoms with E-state index in [4.69, 9.17) is 4.99 Å². The number of rotatable bonds is 8. The van der Waals surface area contributed by atoms with Crippen LogP contribution in [0.25, 0.3) is 10.9 Å². The summed E-state index contributed by atoms with van der Waals surface area (Å²) in [6.07, 6.45) is 2.74. The summed E-state index contributed by atoms with van der Waals surface area (Å²) in [5.74, 6) is 0.969. The molecule has 6 nitrogen and oxygen atoms in total. The molecule has 0 aliphatic carbocycles. The molecule has 0 fully saturated rings. The monoisotopic (exact) mass is 526 g/mol. The van der Waals surface area contributed by atoms with E-state index in [0.29, 0.717) is 12.5 Å². The van der Waals surface area contributed by atoms with Crippen molar-refractivity contribution in [1.82, 2.24) is 25.4 Å². The van der Waals surface area contributed by atoms with Gasteiger partial charge in [0.15, 0.2) is 5.96 Å². The molecule has 1 aromatic carbocycles. The van der Waals surface area contributed by atoms with Crippen molar-refractivity contribution < 1.29 is 4.39 Å². The molecule has 1 unspecified atom stereocenters. The van der Waals surface area contributed by atoms with Gasteiger partial charge in [-0.1, -0.05) is 6.92 Å². The van der Waals surface area contributed by atoms with Crippen molar-refractivity contribution in [3.05, 3.63) is 53.2 Å². The number of halogens is 2. The Morgan fingerprint density at radius 2 is 2.07 bits per heavy atom. The predicted octanol–water partition coefficient (Wildman–Crippen LogP) is 4.17. The van der Waals surface area contributed by atoms with Gasteiger partial charge in [0.1, 0.15) is 5.82 Å². The fraction of sp³-hybridized carbons (Fsp3) is 0.455. The van der Waals surface area contributed by atoms with Gasteiger partial charge in [-0.2, -0.15) is 5.10 Å². The molecule has 0 aliphatic heterocycles. The van der Waals surface area contributed by atoms with Crippen molar-refractivity contribution in [2.45, 2.75) is 40.7 Å². The van der Waals surface area contributed by atoms with Crippen LogP contribution in [0.1, 0.15) is 30.8 Å². The van der Waals surface area contributed by atoms with E-state index in [-0.39, 0.29) is 29.8 Å². The molecule has 0 amide bonds. The van der Waals surface area contributed by atoms with E-state index in [9.17, 15) is 4.39 Å². The van der Waals surface area contributed by atoms with Crippen molar-refractivity contribution in [1.29, 1.82) is 0 Å². The number of aliphatic imine (C=N–C) groups is 1. The lowest BCUT2D eigenvalue weighted by Crippen LogP contribution is -2.38. The third kappa shape index (κ3) is 6.45. The third-order valence-corrected chi connectivity index (χ3v) is 4.91. The second-order valence-electron chi connectivity index (χ2n) is 7.61. The minimum atomic E-state index is -0.210. The van der Waals surface area contributed by atoms with Crippen LogP contribution in [-0.2, 0) is 13.0 Å². The zero-order valence-corrected chi connectivity index (χ0v) is 20.5. The molecule has 3 N–H and O–H groups in total. The second-order valence-corrected chi connectivity index (χ2v) is 7.61. The van der Waals surface area contributed by atoms with Crippen LogP contribution < -0.4 is 10.6 Å². The minimum Gasteiger partial charge on any atom is -0.361 e. The van der Waals surface area contributed by atoms with Crippen molar-refractivity contribution in [3.63, 3.8) is 0 Å². The van der Waals surface area contributed by atoms with Gasteiger partial charge in [-0.3, -0.25) is 9.67 Å². The fourth-order valence-electron chi connectivity index (χ4n) is 3.47. The lowest BCUT2D eigenvalue weighted by atomic mass is 10.1. The van der Waals surface area contributed by atoms with Crippen LogP contribution >= 0.6 is 24.0 Å². The van der Waals surface area contributed by atoms with Crippen LogP contribution in [0.15, 0.2) is 35.5 Å². The number of H-pyrrole nitrogens is 1. The predicted molar refractivity (Wildman–Crippen MR) is 132 cm³/mol. The Bertz CT molecular complexity index is 977. The summed E-state index contributed by atoms with van der Waals surface area (Å²) >= 11 is 0. The Morgan fingerprint density at radius 3 is 2.77 bits per heavy atom. The van der Waals surface area contributed by atoms with Gasteiger partial charge < -0.3 is 15.6 Å². The molecule has 3 rings (SSSR count). The van der Waals surface area contributed by atoms with Gasteiger partial charge in [-0.25, -0.2) is 4.39 Å². The van der Waals surface area contributed by atoms with Gasteiger partial charge in [0, 0.05) is 49.0 Å². The first-order valence-corrected chi connectivity index (χ1v) is 10.2. The number of aromatic amines is 1. The average molecular weight is 526 g/mol. The maximum absolute atomic E-state index is 13.5. The Morgan fingerprint density at radius 1 is 1.27 bits per heavy atom. The summed E-state index contributed by atoms with van der Waals surface area (Å²) < 4.78 is 15.6. The molecule has 0 saturated heterocycles. The SMILES string of the molecule is CCNC(=NCC(C)Cn1nc(C)cc1C)NCCc1c[nH]c2ccc(F)cc12.I. The Labute approximate surface area is 194 Å². The summed E-state index contributed by atoms with van der Waals surface area (Å²) in [5, 5.41) is 12.1. The average Bonchev–Trinajstić information content (AvgIpc) is 3.21. The lowest BCUT2D eigenvalue weighted by Gasteiger charge is -2.14. The molecule has 0 saturated carbocycles. The van der Waals surface area contributed by atoms with Crippen LogP contribution in [0.5, 0.6) is 0 Å². The molecule has 8 heteroatoms. The summed E-state index contributed by atoms with van der Waals surface area (Å²) in [6.45, 7) is 11.4. The zero-order chi connectivity index (χ0) is 20.8. The summed E-state index contributed by atoms with van der Waals surface area (Å²) in [7, 11) is 0. The first kappa shape index (κ1) is 24.2. The number of hydrogen-bond donors (Lipinski definition) is 3. The molecule has 2 heterocycles. The minimum absolute atomic E-state index is 0. The number of hydrogen-bond acceptors (Lipinski definition) is 2. The highest BCUT2D eigenvalue weighted by atomic mass is 127.